The minimum absolute atomic E-state index is 0.0328. The molecule has 0 atom stereocenters. The van der Waals surface area contributed by atoms with Crippen molar-refractivity contribution in [2.45, 2.75) is 56.7 Å². The monoisotopic (exact) mass is 399 g/mol. The summed E-state index contributed by atoms with van der Waals surface area (Å²) in [7, 11) is 0. The summed E-state index contributed by atoms with van der Waals surface area (Å²) in [6.45, 7) is 7.00. The van der Waals surface area contributed by atoms with Gasteiger partial charge in [-0.1, -0.05) is 26.8 Å². The van der Waals surface area contributed by atoms with Crippen molar-refractivity contribution in [1.29, 1.82) is 0 Å². The minimum atomic E-state index is -0.244. The van der Waals surface area contributed by atoms with Crippen LogP contribution in [0.4, 0.5) is 4.39 Å². The number of benzene rings is 1. The lowest BCUT2D eigenvalue weighted by atomic mass is 10.1. The number of rotatable bonds is 8. The average molecular weight is 400 g/mol. The van der Waals surface area contributed by atoms with E-state index >= 15 is 0 Å². The van der Waals surface area contributed by atoms with Crippen LogP contribution in [0.1, 0.15) is 40.0 Å². The van der Waals surface area contributed by atoms with E-state index in [1.165, 1.54) is 6.07 Å². The third kappa shape index (κ3) is 4.55. The Morgan fingerprint density at radius 1 is 1.11 bits per heavy atom. The lowest BCUT2D eigenvalue weighted by molar-refractivity contribution is 0.627. The second kappa shape index (κ2) is 9.24. The van der Waals surface area contributed by atoms with Crippen LogP contribution in [0, 0.1) is 5.82 Å². The Morgan fingerprint density at radius 2 is 1.89 bits per heavy atom. The zero-order valence-electron chi connectivity index (χ0n) is 16.6. The fraction of sp³-hybridized carbons (Fsp3) is 0.364. The van der Waals surface area contributed by atoms with Gasteiger partial charge in [0.1, 0.15) is 5.82 Å². The number of hydrogen-bond donors (Lipinski definition) is 0. The molecule has 0 amide bonds. The number of pyridine rings is 1. The molecule has 0 N–H and O–H groups in total. The van der Waals surface area contributed by atoms with Crippen molar-refractivity contribution >= 4 is 11.8 Å². The van der Waals surface area contributed by atoms with E-state index in [0.29, 0.717) is 22.9 Å². The van der Waals surface area contributed by atoms with Crippen molar-refractivity contribution in [3.8, 4) is 16.8 Å². The third-order valence-electron chi connectivity index (χ3n) is 4.74. The molecule has 0 saturated carbocycles. The molecule has 28 heavy (non-hydrogen) atoms. The highest BCUT2D eigenvalue weighted by atomic mass is 32.2. The van der Waals surface area contributed by atoms with Gasteiger partial charge in [0.15, 0.2) is 0 Å². The summed E-state index contributed by atoms with van der Waals surface area (Å²) in [5.74, 6) is -0.244. The molecule has 6 heteroatoms. The second-order valence-corrected chi connectivity index (χ2v) is 8.16. The molecule has 0 unspecified atom stereocenters. The largest absolute Gasteiger partial charge is 0.313 e. The molecule has 2 aromatic heterocycles. The molecule has 3 aromatic rings. The van der Waals surface area contributed by atoms with Crippen molar-refractivity contribution in [2.75, 3.05) is 0 Å². The number of aryl methyl sites for hydroxylation is 1. The lowest BCUT2D eigenvalue weighted by Crippen LogP contribution is -2.19. The van der Waals surface area contributed by atoms with Gasteiger partial charge in [0.25, 0.3) is 5.56 Å². The van der Waals surface area contributed by atoms with Crippen molar-refractivity contribution in [3.63, 3.8) is 0 Å². The number of thioether (sulfide) groups is 1. The van der Waals surface area contributed by atoms with Gasteiger partial charge in [0, 0.05) is 46.3 Å². The first-order valence-corrected chi connectivity index (χ1v) is 10.7. The fourth-order valence-corrected chi connectivity index (χ4v) is 4.16. The van der Waals surface area contributed by atoms with Crippen LogP contribution >= 0.6 is 11.8 Å². The Morgan fingerprint density at radius 3 is 2.57 bits per heavy atom. The van der Waals surface area contributed by atoms with E-state index in [-0.39, 0.29) is 11.4 Å². The Hall–Kier alpha value is -2.34. The molecule has 0 aliphatic carbocycles. The number of halogens is 1. The predicted molar refractivity (Wildman–Crippen MR) is 114 cm³/mol. The Balaban J connectivity index is 1.86. The summed E-state index contributed by atoms with van der Waals surface area (Å²) >= 11 is 1.72. The first-order valence-electron chi connectivity index (χ1n) is 9.77. The maximum absolute atomic E-state index is 14.7. The molecule has 1 aromatic carbocycles. The zero-order valence-corrected chi connectivity index (χ0v) is 17.4. The van der Waals surface area contributed by atoms with Crippen LogP contribution in [-0.4, -0.2) is 19.6 Å². The van der Waals surface area contributed by atoms with Crippen LogP contribution < -0.4 is 5.56 Å². The SMILES string of the molecule is CCCn1cc(-n2cc(-c3ccc(SC(CC)CC)cc3F)cn2)ccc1=O. The highest BCUT2D eigenvalue weighted by Crippen LogP contribution is 2.31. The van der Waals surface area contributed by atoms with E-state index in [2.05, 4.69) is 18.9 Å². The molecule has 0 aliphatic rings. The van der Waals surface area contributed by atoms with Gasteiger partial charge in [-0.25, -0.2) is 9.07 Å². The summed E-state index contributed by atoms with van der Waals surface area (Å²) in [6, 6.07) is 8.67. The summed E-state index contributed by atoms with van der Waals surface area (Å²) in [5, 5.41) is 4.87. The van der Waals surface area contributed by atoms with Crippen molar-refractivity contribution in [1.82, 2.24) is 14.3 Å². The Labute approximate surface area is 169 Å². The van der Waals surface area contributed by atoms with Crippen LogP contribution in [0.15, 0.2) is 58.6 Å². The summed E-state index contributed by atoms with van der Waals surface area (Å²) in [5.41, 5.74) is 1.99. The molecule has 148 valence electrons. The van der Waals surface area contributed by atoms with Gasteiger partial charge < -0.3 is 4.57 Å². The molecule has 0 radical (unpaired) electrons. The number of aromatic nitrogens is 3. The second-order valence-electron chi connectivity index (χ2n) is 6.79. The summed E-state index contributed by atoms with van der Waals surface area (Å²) < 4.78 is 18.1. The van der Waals surface area contributed by atoms with E-state index in [1.807, 2.05) is 19.1 Å². The first-order chi connectivity index (χ1) is 13.5. The van der Waals surface area contributed by atoms with E-state index in [9.17, 15) is 9.18 Å². The molecule has 0 spiro atoms. The van der Waals surface area contributed by atoms with Crippen LogP contribution in [0.3, 0.4) is 0 Å². The van der Waals surface area contributed by atoms with Crippen molar-refractivity contribution in [3.05, 3.63) is 65.1 Å². The van der Waals surface area contributed by atoms with Crippen LogP contribution in [0.25, 0.3) is 16.8 Å². The molecular formula is C22H26FN3OS. The predicted octanol–water partition coefficient (Wildman–Crippen LogP) is 5.53. The standard InChI is InChI=1S/C22H26FN3OS/c1-4-11-25-15-17(7-10-22(25)27)26-14-16(13-24-26)20-9-8-19(12-21(20)23)28-18(5-2)6-3/h7-10,12-15,18H,4-6,11H2,1-3H3. The van der Waals surface area contributed by atoms with E-state index in [0.717, 1.165) is 29.8 Å². The van der Waals surface area contributed by atoms with E-state index in [1.54, 1.807) is 51.7 Å². The normalized spacial score (nSPS) is 11.3. The summed E-state index contributed by atoms with van der Waals surface area (Å²) in [6.07, 6.45) is 8.24. The summed E-state index contributed by atoms with van der Waals surface area (Å²) in [4.78, 5) is 12.9. The maximum Gasteiger partial charge on any atom is 0.250 e. The molecule has 0 fully saturated rings. The Kier molecular flexibility index (Phi) is 6.73. The molecule has 0 bridgehead atoms. The van der Waals surface area contributed by atoms with Crippen LogP contribution in [0.5, 0.6) is 0 Å². The quantitative estimate of drug-likeness (QED) is 0.468. The highest BCUT2D eigenvalue weighted by molar-refractivity contribution is 8.00. The molecular weight excluding hydrogens is 373 g/mol. The smallest absolute Gasteiger partial charge is 0.250 e. The van der Waals surface area contributed by atoms with Gasteiger partial charge in [0.05, 0.1) is 11.9 Å². The Bertz CT molecular complexity index is 991. The minimum Gasteiger partial charge on any atom is -0.313 e. The zero-order chi connectivity index (χ0) is 20.1. The average Bonchev–Trinajstić information content (AvgIpc) is 3.18. The third-order valence-corrected chi connectivity index (χ3v) is 6.27. The molecule has 4 nitrogen and oxygen atoms in total. The van der Waals surface area contributed by atoms with Gasteiger partial charge in [-0.2, -0.15) is 5.10 Å². The van der Waals surface area contributed by atoms with Gasteiger partial charge in [0.2, 0.25) is 0 Å². The number of hydrogen-bond acceptors (Lipinski definition) is 3. The highest BCUT2D eigenvalue weighted by Gasteiger charge is 2.12. The first kappa shape index (κ1) is 20.4. The molecule has 0 aliphatic heterocycles. The van der Waals surface area contributed by atoms with Gasteiger partial charge in [-0.05, 0) is 37.5 Å². The number of nitrogens with zero attached hydrogens (tertiary/aromatic N) is 3. The van der Waals surface area contributed by atoms with E-state index < -0.39 is 0 Å². The molecule has 2 heterocycles. The van der Waals surface area contributed by atoms with Crippen LogP contribution in [-0.2, 0) is 6.54 Å². The topological polar surface area (TPSA) is 39.8 Å². The van der Waals surface area contributed by atoms with Gasteiger partial charge in [-0.15, -0.1) is 11.8 Å². The van der Waals surface area contributed by atoms with Gasteiger partial charge in [-0.3, -0.25) is 4.79 Å². The lowest BCUT2D eigenvalue weighted by Gasteiger charge is -2.12. The van der Waals surface area contributed by atoms with Crippen molar-refractivity contribution < 1.29 is 4.39 Å². The van der Waals surface area contributed by atoms with E-state index in [4.69, 9.17) is 0 Å². The van der Waals surface area contributed by atoms with Gasteiger partial charge >= 0.3 is 0 Å². The van der Waals surface area contributed by atoms with Crippen LogP contribution in [0.2, 0.25) is 0 Å². The fourth-order valence-electron chi connectivity index (χ4n) is 3.12. The molecule has 3 rings (SSSR count). The maximum atomic E-state index is 14.7. The molecule has 0 saturated heterocycles. The van der Waals surface area contributed by atoms with Crippen molar-refractivity contribution in [2.24, 2.45) is 0 Å².